The lowest BCUT2D eigenvalue weighted by atomic mass is 10.2. The van der Waals surface area contributed by atoms with Gasteiger partial charge in [0.2, 0.25) is 0 Å². The minimum absolute atomic E-state index is 0.156. The van der Waals surface area contributed by atoms with Crippen LogP contribution in [0, 0.1) is 12.7 Å². The maximum atomic E-state index is 13.1. The first kappa shape index (κ1) is 20.0. The molecule has 0 bridgehead atoms. The van der Waals surface area contributed by atoms with Crippen molar-refractivity contribution in [1.29, 1.82) is 0 Å². The highest BCUT2D eigenvalue weighted by Gasteiger charge is 2.17. The number of carbonyl (C=O) groups is 1. The number of aryl methyl sites for hydroxylation is 1. The number of aromatic nitrogens is 1. The molecule has 2 amide bonds. The number of anilines is 1. The van der Waals surface area contributed by atoms with Gasteiger partial charge in [0.25, 0.3) is 0 Å². The van der Waals surface area contributed by atoms with Crippen LogP contribution < -0.4 is 10.6 Å². The SMILES string of the molecule is Cc1ccc(S(=O)(=O)Cc2csc(NC(=O)NCc3cccc(F)c3)n2)cc1. The predicted molar refractivity (Wildman–Crippen MR) is 106 cm³/mol. The number of hydrogen-bond acceptors (Lipinski definition) is 5. The molecule has 0 fully saturated rings. The van der Waals surface area contributed by atoms with Gasteiger partial charge in [-0.05, 0) is 36.8 Å². The van der Waals surface area contributed by atoms with Crippen LogP contribution in [-0.2, 0) is 22.1 Å². The van der Waals surface area contributed by atoms with E-state index >= 15 is 0 Å². The number of sulfone groups is 1. The lowest BCUT2D eigenvalue weighted by molar-refractivity contribution is 0.251. The highest BCUT2D eigenvalue weighted by atomic mass is 32.2. The number of nitrogens with one attached hydrogen (secondary N) is 2. The van der Waals surface area contributed by atoms with E-state index in [-0.39, 0.29) is 28.1 Å². The molecule has 0 aliphatic rings. The van der Waals surface area contributed by atoms with E-state index in [0.29, 0.717) is 11.3 Å². The smallest absolute Gasteiger partial charge is 0.321 e. The number of urea groups is 1. The largest absolute Gasteiger partial charge is 0.334 e. The molecule has 0 unspecified atom stereocenters. The van der Waals surface area contributed by atoms with Crippen molar-refractivity contribution in [2.75, 3.05) is 5.32 Å². The number of nitrogens with zero attached hydrogens (tertiary/aromatic N) is 1. The van der Waals surface area contributed by atoms with E-state index in [4.69, 9.17) is 0 Å². The second-order valence-corrected chi connectivity index (χ2v) is 9.00. The maximum absolute atomic E-state index is 13.1. The van der Waals surface area contributed by atoms with Gasteiger partial charge in [-0.1, -0.05) is 29.8 Å². The van der Waals surface area contributed by atoms with Crippen molar-refractivity contribution in [3.63, 3.8) is 0 Å². The van der Waals surface area contributed by atoms with E-state index in [1.165, 1.54) is 12.1 Å². The van der Waals surface area contributed by atoms with Gasteiger partial charge in [0.1, 0.15) is 5.82 Å². The molecule has 3 aromatic rings. The maximum Gasteiger partial charge on any atom is 0.321 e. The average molecular weight is 420 g/mol. The molecule has 6 nitrogen and oxygen atoms in total. The molecule has 3 rings (SSSR count). The monoisotopic (exact) mass is 419 g/mol. The molecule has 0 spiro atoms. The fourth-order valence-electron chi connectivity index (χ4n) is 2.42. The van der Waals surface area contributed by atoms with Gasteiger partial charge >= 0.3 is 6.03 Å². The summed E-state index contributed by atoms with van der Waals surface area (Å²) in [5, 5.41) is 7.02. The summed E-state index contributed by atoms with van der Waals surface area (Å²) in [6.45, 7) is 2.04. The van der Waals surface area contributed by atoms with Gasteiger partial charge in [0.05, 0.1) is 16.3 Å². The Kier molecular flexibility index (Phi) is 6.05. The third-order valence-corrected chi connectivity index (χ3v) is 6.31. The van der Waals surface area contributed by atoms with Crippen molar-refractivity contribution in [2.45, 2.75) is 24.1 Å². The summed E-state index contributed by atoms with van der Waals surface area (Å²) < 4.78 is 38.1. The molecule has 0 saturated carbocycles. The number of carbonyl (C=O) groups excluding carboxylic acids is 1. The molecule has 1 aromatic heterocycles. The summed E-state index contributed by atoms with van der Waals surface area (Å²) in [6, 6.07) is 12.0. The Morgan fingerprint density at radius 2 is 1.93 bits per heavy atom. The number of hydrogen-bond donors (Lipinski definition) is 2. The highest BCUT2D eigenvalue weighted by Crippen LogP contribution is 2.21. The lowest BCUT2D eigenvalue weighted by Crippen LogP contribution is -2.28. The van der Waals surface area contributed by atoms with Crippen molar-refractivity contribution in [1.82, 2.24) is 10.3 Å². The Bertz CT molecular complexity index is 1080. The molecule has 0 saturated heterocycles. The zero-order valence-electron chi connectivity index (χ0n) is 15.0. The molecular weight excluding hydrogens is 401 g/mol. The number of amides is 2. The standard InChI is InChI=1S/C19H18FN3O3S2/c1-13-5-7-17(8-6-13)28(25,26)12-16-11-27-19(22-16)23-18(24)21-10-14-3-2-4-15(20)9-14/h2-9,11H,10,12H2,1H3,(H2,21,22,23,24). The van der Waals surface area contributed by atoms with E-state index in [9.17, 15) is 17.6 Å². The third kappa shape index (κ3) is 5.37. The first-order valence-electron chi connectivity index (χ1n) is 8.35. The van der Waals surface area contributed by atoms with Crippen molar-refractivity contribution < 1.29 is 17.6 Å². The Balaban J connectivity index is 1.57. The van der Waals surface area contributed by atoms with Crippen LogP contribution in [0.2, 0.25) is 0 Å². The molecule has 28 heavy (non-hydrogen) atoms. The molecule has 0 radical (unpaired) electrons. The van der Waals surface area contributed by atoms with Gasteiger partial charge in [-0.2, -0.15) is 0 Å². The Labute approximate surface area is 166 Å². The summed E-state index contributed by atoms with van der Waals surface area (Å²) in [4.78, 5) is 16.3. The quantitative estimate of drug-likeness (QED) is 0.635. The Hall–Kier alpha value is -2.78. The fourth-order valence-corrected chi connectivity index (χ4v) is 4.49. The average Bonchev–Trinajstić information content (AvgIpc) is 3.06. The van der Waals surface area contributed by atoms with E-state index in [0.717, 1.165) is 16.9 Å². The fraction of sp³-hybridized carbons (Fsp3) is 0.158. The van der Waals surface area contributed by atoms with Crippen molar-refractivity contribution in [3.8, 4) is 0 Å². The molecule has 0 aliphatic heterocycles. The molecule has 2 N–H and O–H groups in total. The van der Waals surface area contributed by atoms with Crippen molar-refractivity contribution in [2.24, 2.45) is 0 Å². The van der Waals surface area contributed by atoms with Gasteiger partial charge in [0.15, 0.2) is 15.0 Å². The Morgan fingerprint density at radius 1 is 1.18 bits per heavy atom. The first-order chi connectivity index (χ1) is 13.3. The molecule has 0 aliphatic carbocycles. The van der Waals surface area contributed by atoms with Gasteiger partial charge < -0.3 is 5.32 Å². The van der Waals surface area contributed by atoms with Crippen molar-refractivity contribution in [3.05, 3.63) is 76.5 Å². The second kappa shape index (κ2) is 8.49. The number of benzene rings is 2. The summed E-state index contributed by atoms with van der Waals surface area (Å²) in [7, 11) is -3.52. The van der Waals surface area contributed by atoms with Crippen LogP contribution in [0.3, 0.4) is 0 Å². The molecule has 146 valence electrons. The molecule has 9 heteroatoms. The zero-order valence-corrected chi connectivity index (χ0v) is 16.6. The van der Waals surface area contributed by atoms with Crippen LogP contribution in [0.4, 0.5) is 14.3 Å². The third-order valence-electron chi connectivity index (χ3n) is 3.83. The molecular formula is C19H18FN3O3S2. The minimum atomic E-state index is -3.52. The van der Waals surface area contributed by atoms with E-state index < -0.39 is 15.9 Å². The highest BCUT2D eigenvalue weighted by molar-refractivity contribution is 7.90. The van der Waals surface area contributed by atoms with Gasteiger partial charge in [-0.25, -0.2) is 22.6 Å². The summed E-state index contributed by atoms with van der Waals surface area (Å²) in [5.41, 5.74) is 1.95. The van der Waals surface area contributed by atoms with Crippen LogP contribution in [0.5, 0.6) is 0 Å². The van der Waals surface area contributed by atoms with Gasteiger partial charge in [-0.15, -0.1) is 11.3 Å². The van der Waals surface area contributed by atoms with Gasteiger partial charge in [-0.3, -0.25) is 5.32 Å². The molecule has 2 aromatic carbocycles. The van der Waals surface area contributed by atoms with E-state index in [1.54, 1.807) is 41.8 Å². The zero-order chi connectivity index (χ0) is 20.1. The Morgan fingerprint density at radius 3 is 2.64 bits per heavy atom. The lowest BCUT2D eigenvalue weighted by Gasteiger charge is -2.05. The summed E-state index contributed by atoms with van der Waals surface area (Å²) in [6.07, 6.45) is 0. The number of thiazole rings is 1. The normalized spacial score (nSPS) is 11.2. The van der Waals surface area contributed by atoms with E-state index in [2.05, 4.69) is 15.6 Å². The van der Waals surface area contributed by atoms with Crippen LogP contribution in [0.25, 0.3) is 0 Å². The van der Waals surface area contributed by atoms with Crippen molar-refractivity contribution >= 4 is 32.3 Å². The topological polar surface area (TPSA) is 88.2 Å². The van der Waals surface area contributed by atoms with Crippen LogP contribution >= 0.6 is 11.3 Å². The van der Waals surface area contributed by atoms with Crippen LogP contribution in [0.1, 0.15) is 16.8 Å². The minimum Gasteiger partial charge on any atom is -0.334 e. The van der Waals surface area contributed by atoms with E-state index in [1.807, 2.05) is 6.92 Å². The number of halogens is 1. The second-order valence-electron chi connectivity index (χ2n) is 6.15. The molecule has 1 heterocycles. The summed E-state index contributed by atoms with van der Waals surface area (Å²) in [5.74, 6) is -0.627. The van der Waals surface area contributed by atoms with Crippen LogP contribution in [-0.4, -0.2) is 19.4 Å². The molecule has 0 atom stereocenters. The summed E-state index contributed by atoms with van der Waals surface area (Å²) >= 11 is 1.13. The van der Waals surface area contributed by atoms with Crippen LogP contribution in [0.15, 0.2) is 58.8 Å². The first-order valence-corrected chi connectivity index (χ1v) is 10.9. The van der Waals surface area contributed by atoms with Gasteiger partial charge in [0, 0.05) is 11.9 Å². The predicted octanol–water partition coefficient (Wildman–Crippen LogP) is 3.89. The number of rotatable bonds is 6.